The summed E-state index contributed by atoms with van der Waals surface area (Å²) in [5.74, 6) is -2.19. The lowest BCUT2D eigenvalue weighted by Crippen LogP contribution is -2.18. The van der Waals surface area contributed by atoms with Crippen LogP contribution in [-0.4, -0.2) is 44.2 Å². The normalized spacial score (nSPS) is 10.4. The zero-order valence-electron chi connectivity index (χ0n) is 15.8. The molecule has 30 heavy (non-hydrogen) atoms. The van der Waals surface area contributed by atoms with E-state index in [9.17, 15) is 28.5 Å². The molecule has 0 atom stereocenters. The van der Waals surface area contributed by atoms with Crippen LogP contribution >= 0.6 is 0 Å². The maximum Gasteiger partial charge on any atom is 0.387 e. The quantitative estimate of drug-likeness (QED) is 0.467. The maximum absolute atomic E-state index is 12.6. The highest BCUT2D eigenvalue weighted by Crippen LogP contribution is 2.36. The Hall–Kier alpha value is -3.80. The molecule has 0 aliphatic heterocycles. The third kappa shape index (κ3) is 5.85. The molecule has 0 fully saturated rings. The first kappa shape index (κ1) is 22.5. The van der Waals surface area contributed by atoms with E-state index < -0.39 is 40.3 Å². The fourth-order valence-electron chi connectivity index (χ4n) is 2.43. The molecule has 0 aliphatic rings. The molecule has 0 radical (unpaired) electrons. The number of nitro groups is 1. The van der Waals surface area contributed by atoms with Gasteiger partial charge in [-0.15, -0.1) is 0 Å². The first-order chi connectivity index (χ1) is 14.2. The first-order valence-corrected chi connectivity index (χ1v) is 8.26. The van der Waals surface area contributed by atoms with Crippen LogP contribution in [0.4, 0.5) is 25.8 Å². The number of nitrogens with one attached hydrogen (secondary N) is 2. The average molecular weight is 425 g/mol. The lowest BCUT2D eigenvalue weighted by molar-refractivity contribution is -0.385. The highest BCUT2D eigenvalue weighted by Gasteiger charge is 2.26. The number of anilines is 2. The molecule has 2 aromatic carbocycles. The van der Waals surface area contributed by atoms with E-state index in [-0.39, 0.29) is 18.0 Å². The van der Waals surface area contributed by atoms with Crippen molar-refractivity contribution in [3.63, 3.8) is 0 Å². The third-order valence-corrected chi connectivity index (χ3v) is 3.62. The van der Waals surface area contributed by atoms with Gasteiger partial charge in [-0.25, -0.2) is 0 Å². The van der Waals surface area contributed by atoms with Crippen LogP contribution in [0.2, 0.25) is 0 Å². The van der Waals surface area contributed by atoms with Gasteiger partial charge in [-0.1, -0.05) is 6.07 Å². The van der Waals surface area contributed by atoms with Crippen molar-refractivity contribution >= 4 is 28.9 Å². The predicted octanol–water partition coefficient (Wildman–Crippen LogP) is 3.04. The number of nitro benzene ring substituents is 1. The van der Waals surface area contributed by atoms with Gasteiger partial charge in [0.25, 0.3) is 11.6 Å². The first-order valence-electron chi connectivity index (χ1n) is 8.26. The summed E-state index contributed by atoms with van der Waals surface area (Å²) in [6.07, 6.45) is 0. The van der Waals surface area contributed by atoms with Crippen molar-refractivity contribution < 1.29 is 37.5 Å². The van der Waals surface area contributed by atoms with Crippen LogP contribution in [0.3, 0.4) is 0 Å². The van der Waals surface area contributed by atoms with Crippen LogP contribution in [0.25, 0.3) is 0 Å². The van der Waals surface area contributed by atoms with E-state index in [2.05, 4.69) is 15.4 Å². The number of halogens is 2. The maximum atomic E-state index is 12.6. The molecule has 12 heteroatoms. The Bertz CT molecular complexity index is 953. The summed E-state index contributed by atoms with van der Waals surface area (Å²) < 4.78 is 38.9. The Morgan fingerprint density at radius 2 is 1.77 bits per heavy atom. The standard InChI is InChI=1S/C18H17F2N3O7/c1-28-9-16(24)21-10-4-3-5-11(6-10)22-17(25)12-7-14(29-2)15(30-18(19)20)8-13(12)23(26)27/h3-8,18H,9H2,1-2H3,(H,21,24)(H,22,25). The van der Waals surface area contributed by atoms with Crippen LogP contribution in [0.5, 0.6) is 11.5 Å². The van der Waals surface area contributed by atoms with E-state index in [1.165, 1.54) is 25.3 Å². The summed E-state index contributed by atoms with van der Waals surface area (Å²) in [5, 5.41) is 16.3. The van der Waals surface area contributed by atoms with Crippen molar-refractivity contribution in [1.29, 1.82) is 0 Å². The van der Waals surface area contributed by atoms with Crippen LogP contribution < -0.4 is 20.1 Å². The smallest absolute Gasteiger partial charge is 0.387 e. The summed E-state index contributed by atoms with van der Waals surface area (Å²) in [6, 6.07) is 7.61. The number of methoxy groups -OCH3 is 2. The van der Waals surface area contributed by atoms with Crippen LogP contribution in [-0.2, 0) is 9.53 Å². The second kappa shape index (κ2) is 10.1. The number of nitrogens with zero attached hydrogens (tertiary/aromatic N) is 1. The number of amides is 2. The molecule has 0 aromatic heterocycles. The SMILES string of the molecule is COCC(=O)Nc1cccc(NC(=O)c2cc(OC)c(OC(F)F)cc2[N+](=O)[O-])c1. The monoisotopic (exact) mass is 425 g/mol. The Balaban J connectivity index is 2.32. The Morgan fingerprint density at radius 1 is 1.10 bits per heavy atom. The summed E-state index contributed by atoms with van der Waals surface area (Å²) >= 11 is 0. The number of hydrogen-bond acceptors (Lipinski definition) is 7. The minimum atomic E-state index is -3.24. The van der Waals surface area contributed by atoms with Crippen molar-refractivity contribution in [3.05, 3.63) is 52.1 Å². The van der Waals surface area contributed by atoms with Gasteiger partial charge >= 0.3 is 6.61 Å². The number of ether oxygens (including phenoxy) is 3. The van der Waals surface area contributed by atoms with E-state index in [1.54, 1.807) is 6.07 Å². The predicted molar refractivity (Wildman–Crippen MR) is 101 cm³/mol. The Morgan fingerprint density at radius 3 is 2.33 bits per heavy atom. The number of benzene rings is 2. The second-order valence-corrected chi connectivity index (χ2v) is 5.67. The summed E-state index contributed by atoms with van der Waals surface area (Å²) in [7, 11) is 2.49. The van der Waals surface area contributed by atoms with Crippen LogP contribution in [0.1, 0.15) is 10.4 Å². The summed E-state index contributed by atoms with van der Waals surface area (Å²) in [6.45, 7) is -3.41. The molecule has 0 heterocycles. The largest absolute Gasteiger partial charge is 0.493 e. The van der Waals surface area contributed by atoms with Gasteiger partial charge < -0.3 is 24.8 Å². The highest BCUT2D eigenvalue weighted by atomic mass is 19.3. The summed E-state index contributed by atoms with van der Waals surface area (Å²) in [5.41, 5.74) is -0.625. The van der Waals surface area contributed by atoms with Gasteiger partial charge in [0.2, 0.25) is 5.91 Å². The van der Waals surface area contributed by atoms with Crippen LogP contribution in [0, 0.1) is 10.1 Å². The topological polar surface area (TPSA) is 129 Å². The van der Waals surface area contributed by atoms with Gasteiger partial charge in [-0.2, -0.15) is 8.78 Å². The van der Waals surface area contributed by atoms with Gasteiger partial charge in [0.05, 0.1) is 18.1 Å². The Kier molecular flexibility index (Phi) is 7.58. The van der Waals surface area contributed by atoms with Crippen molar-refractivity contribution in [2.45, 2.75) is 6.61 Å². The third-order valence-electron chi connectivity index (χ3n) is 3.62. The molecule has 0 aliphatic carbocycles. The Labute approximate surface area is 168 Å². The minimum Gasteiger partial charge on any atom is -0.493 e. The van der Waals surface area contributed by atoms with Crippen LogP contribution in [0.15, 0.2) is 36.4 Å². The fourth-order valence-corrected chi connectivity index (χ4v) is 2.43. The fraction of sp³-hybridized carbons (Fsp3) is 0.222. The molecule has 0 spiro atoms. The van der Waals surface area contributed by atoms with E-state index in [4.69, 9.17) is 9.47 Å². The van der Waals surface area contributed by atoms with E-state index in [0.29, 0.717) is 11.8 Å². The molecular weight excluding hydrogens is 408 g/mol. The minimum absolute atomic E-state index is 0.171. The lowest BCUT2D eigenvalue weighted by atomic mass is 10.1. The van der Waals surface area contributed by atoms with Gasteiger partial charge in [-0.3, -0.25) is 19.7 Å². The van der Waals surface area contributed by atoms with Gasteiger partial charge in [-0.05, 0) is 18.2 Å². The van der Waals surface area contributed by atoms with E-state index in [1.807, 2.05) is 0 Å². The highest BCUT2D eigenvalue weighted by molar-refractivity contribution is 6.08. The molecular formula is C18H17F2N3O7. The van der Waals surface area contributed by atoms with Crippen molar-refractivity contribution in [1.82, 2.24) is 0 Å². The summed E-state index contributed by atoms with van der Waals surface area (Å²) in [4.78, 5) is 34.6. The van der Waals surface area contributed by atoms with E-state index >= 15 is 0 Å². The molecule has 160 valence electrons. The molecule has 0 saturated heterocycles. The van der Waals surface area contributed by atoms with Gasteiger partial charge in [0.1, 0.15) is 12.2 Å². The number of alkyl halides is 2. The molecule has 2 N–H and O–H groups in total. The van der Waals surface area contributed by atoms with Crippen molar-refractivity contribution in [3.8, 4) is 11.5 Å². The average Bonchev–Trinajstić information content (AvgIpc) is 2.67. The lowest BCUT2D eigenvalue weighted by Gasteiger charge is -2.13. The number of carbonyl (C=O) groups is 2. The molecule has 0 unspecified atom stereocenters. The zero-order valence-corrected chi connectivity index (χ0v) is 15.8. The van der Waals surface area contributed by atoms with Gasteiger partial charge in [0.15, 0.2) is 11.5 Å². The number of carbonyl (C=O) groups excluding carboxylic acids is 2. The number of rotatable bonds is 9. The molecule has 2 aromatic rings. The van der Waals surface area contributed by atoms with E-state index in [0.717, 1.165) is 13.2 Å². The van der Waals surface area contributed by atoms with Gasteiger partial charge in [0, 0.05) is 24.6 Å². The van der Waals surface area contributed by atoms with Crippen molar-refractivity contribution in [2.24, 2.45) is 0 Å². The molecule has 10 nitrogen and oxygen atoms in total. The molecule has 0 saturated carbocycles. The molecule has 2 rings (SSSR count). The second-order valence-electron chi connectivity index (χ2n) is 5.67. The zero-order chi connectivity index (χ0) is 22.3. The molecule has 2 amide bonds. The van der Waals surface area contributed by atoms with Crippen molar-refractivity contribution in [2.75, 3.05) is 31.5 Å². The number of hydrogen-bond donors (Lipinski definition) is 2. The molecule has 0 bridgehead atoms.